The van der Waals surface area contributed by atoms with Gasteiger partial charge >= 0.3 is 0 Å². The minimum absolute atomic E-state index is 0.128. The van der Waals surface area contributed by atoms with E-state index in [0.717, 1.165) is 40.1 Å². The molecule has 0 aromatic heterocycles. The molecule has 0 heterocycles. The topological polar surface area (TPSA) is 105 Å². The summed E-state index contributed by atoms with van der Waals surface area (Å²) in [5.41, 5.74) is 2.97. The Morgan fingerprint density at radius 3 is 2.21 bits per heavy atom. The Labute approximate surface area is 249 Å². The van der Waals surface area contributed by atoms with Crippen LogP contribution < -0.4 is 19.1 Å². The number of hydrogen-bond acceptors (Lipinski definition) is 6. The maximum Gasteiger partial charge on any atom is 0.244 e. The fourth-order valence-electron chi connectivity index (χ4n) is 4.66. The first-order valence-corrected chi connectivity index (χ1v) is 15.8. The number of carbonyl (C=O) groups excluding carboxylic acids is 2. The van der Waals surface area contributed by atoms with E-state index < -0.39 is 28.5 Å². The third-order valence-corrected chi connectivity index (χ3v) is 8.01. The molecule has 3 aromatic rings. The van der Waals surface area contributed by atoms with Gasteiger partial charge in [-0.25, -0.2) is 8.42 Å². The number of unbranched alkanes of at least 4 members (excludes halogenated alkanes) is 1. The first kappa shape index (κ1) is 32.5. The Hall–Kier alpha value is -4.05. The maximum atomic E-state index is 14.2. The molecule has 226 valence electrons. The largest absolute Gasteiger partial charge is 0.493 e. The Morgan fingerprint density at radius 2 is 1.60 bits per heavy atom. The van der Waals surface area contributed by atoms with Gasteiger partial charge in [-0.3, -0.25) is 13.9 Å². The van der Waals surface area contributed by atoms with Gasteiger partial charge in [-0.2, -0.15) is 0 Å². The number of anilines is 1. The van der Waals surface area contributed by atoms with Gasteiger partial charge in [0.15, 0.2) is 11.5 Å². The molecule has 0 aliphatic rings. The molecule has 1 atom stereocenters. The predicted molar refractivity (Wildman–Crippen MR) is 165 cm³/mol. The molecule has 0 saturated heterocycles. The van der Waals surface area contributed by atoms with Gasteiger partial charge in [-0.1, -0.05) is 73.5 Å². The fraction of sp³-hybridized carbons (Fsp3) is 0.375. The SMILES string of the molecule is CCCCNC(=O)[C@H](Cc1ccccc1)N(Cc1cccc(C)c1)C(=O)CN(c1ccc(OC)c(OC)c1)S(C)(=O)=O. The van der Waals surface area contributed by atoms with Crippen LogP contribution >= 0.6 is 0 Å². The quantitative estimate of drug-likeness (QED) is 0.262. The summed E-state index contributed by atoms with van der Waals surface area (Å²) >= 11 is 0. The second kappa shape index (κ2) is 15.3. The van der Waals surface area contributed by atoms with E-state index in [1.54, 1.807) is 12.1 Å². The first-order chi connectivity index (χ1) is 20.1. The van der Waals surface area contributed by atoms with E-state index in [1.807, 2.05) is 68.4 Å². The van der Waals surface area contributed by atoms with Crippen molar-refractivity contribution in [3.8, 4) is 11.5 Å². The number of hydrogen-bond donors (Lipinski definition) is 1. The number of nitrogens with zero attached hydrogens (tertiary/aromatic N) is 2. The maximum absolute atomic E-state index is 14.2. The Bertz CT molecular complexity index is 1450. The molecule has 1 N–H and O–H groups in total. The molecule has 0 radical (unpaired) electrons. The molecule has 0 aliphatic heterocycles. The molecular weight excluding hydrogens is 554 g/mol. The fourth-order valence-corrected chi connectivity index (χ4v) is 5.50. The van der Waals surface area contributed by atoms with Crippen LogP contribution in [0.3, 0.4) is 0 Å². The number of sulfonamides is 1. The Balaban J connectivity index is 2.06. The van der Waals surface area contributed by atoms with Crippen molar-refractivity contribution in [1.29, 1.82) is 0 Å². The first-order valence-electron chi connectivity index (χ1n) is 13.9. The number of carbonyl (C=O) groups is 2. The van der Waals surface area contributed by atoms with Crippen LogP contribution in [-0.4, -0.2) is 64.7 Å². The van der Waals surface area contributed by atoms with Gasteiger partial charge in [0.05, 0.1) is 26.2 Å². The molecule has 3 aromatic carbocycles. The van der Waals surface area contributed by atoms with Crippen molar-refractivity contribution in [2.24, 2.45) is 0 Å². The second-order valence-electron chi connectivity index (χ2n) is 10.2. The van der Waals surface area contributed by atoms with E-state index in [2.05, 4.69) is 5.32 Å². The van der Waals surface area contributed by atoms with Crippen molar-refractivity contribution in [2.45, 2.75) is 45.7 Å². The smallest absolute Gasteiger partial charge is 0.244 e. The van der Waals surface area contributed by atoms with Gasteiger partial charge in [-0.15, -0.1) is 0 Å². The molecule has 2 amide bonds. The molecule has 3 rings (SSSR count). The summed E-state index contributed by atoms with van der Waals surface area (Å²) in [6.07, 6.45) is 3.02. The van der Waals surface area contributed by atoms with Crippen LogP contribution in [0.5, 0.6) is 11.5 Å². The standard InChI is InChI=1S/C32H41N3O6S/c1-6-7-18-33-32(37)28(20-25-13-9-8-10-14-25)34(22-26-15-11-12-24(2)19-26)31(36)23-35(42(5,38)39)27-16-17-29(40-3)30(21-27)41-4/h8-17,19,21,28H,6-7,18,20,22-23H2,1-5H3,(H,33,37)/t28-/m0/s1. The number of methoxy groups -OCH3 is 2. The van der Waals surface area contributed by atoms with Crippen LogP contribution in [0.25, 0.3) is 0 Å². The molecule has 42 heavy (non-hydrogen) atoms. The predicted octanol–water partition coefficient (Wildman–Crippen LogP) is 4.33. The summed E-state index contributed by atoms with van der Waals surface area (Å²) < 4.78 is 37.7. The molecule has 0 aliphatic carbocycles. The van der Waals surface area contributed by atoms with Gasteiger partial charge in [0.25, 0.3) is 0 Å². The van der Waals surface area contributed by atoms with Crippen LogP contribution in [0.15, 0.2) is 72.8 Å². The van der Waals surface area contributed by atoms with Gasteiger partial charge in [0.1, 0.15) is 12.6 Å². The van der Waals surface area contributed by atoms with Gasteiger partial charge < -0.3 is 19.7 Å². The molecule has 0 bridgehead atoms. The summed E-state index contributed by atoms with van der Waals surface area (Å²) in [4.78, 5) is 29.3. The number of aryl methyl sites for hydroxylation is 1. The van der Waals surface area contributed by atoms with E-state index in [1.165, 1.54) is 25.2 Å². The highest BCUT2D eigenvalue weighted by Gasteiger charge is 2.33. The summed E-state index contributed by atoms with van der Waals surface area (Å²) in [5.74, 6) is -0.0487. The monoisotopic (exact) mass is 595 g/mol. The van der Waals surface area contributed by atoms with E-state index in [9.17, 15) is 18.0 Å². The molecule has 0 fully saturated rings. The summed E-state index contributed by atoms with van der Waals surface area (Å²) in [6, 6.07) is 21.0. The number of amides is 2. The molecule has 0 saturated carbocycles. The average Bonchev–Trinajstić information content (AvgIpc) is 2.97. The van der Waals surface area contributed by atoms with Crippen molar-refractivity contribution in [3.05, 3.63) is 89.5 Å². The highest BCUT2D eigenvalue weighted by Crippen LogP contribution is 2.32. The number of benzene rings is 3. The normalized spacial score (nSPS) is 11.8. The zero-order chi connectivity index (χ0) is 30.7. The van der Waals surface area contributed by atoms with Crippen molar-refractivity contribution in [2.75, 3.05) is 37.9 Å². The van der Waals surface area contributed by atoms with Crippen molar-refractivity contribution >= 4 is 27.5 Å². The lowest BCUT2D eigenvalue weighted by molar-refractivity contribution is -0.140. The highest BCUT2D eigenvalue weighted by molar-refractivity contribution is 7.92. The van der Waals surface area contributed by atoms with Crippen LogP contribution in [-0.2, 0) is 32.6 Å². The Kier molecular flexibility index (Phi) is 11.8. The highest BCUT2D eigenvalue weighted by atomic mass is 32.2. The molecular formula is C32H41N3O6S. The molecule has 0 unspecified atom stereocenters. The Morgan fingerprint density at radius 1 is 0.905 bits per heavy atom. The minimum atomic E-state index is -3.90. The van der Waals surface area contributed by atoms with Crippen LogP contribution in [0.1, 0.15) is 36.5 Å². The van der Waals surface area contributed by atoms with E-state index in [0.29, 0.717) is 18.0 Å². The molecule has 9 nitrogen and oxygen atoms in total. The van der Waals surface area contributed by atoms with Gasteiger partial charge in [0, 0.05) is 25.6 Å². The lowest BCUT2D eigenvalue weighted by atomic mass is 10.0. The van der Waals surface area contributed by atoms with Crippen LogP contribution in [0.2, 0.25) is 0 Å². The van der Waals surface area contributed by atoms with E-state index in [4.69, 9.17) is 9.47 Å². The van der Waals surface area contributed by atoms with Crippen molar-refractivity contribution < 1.29 is 27.5 Å². The number of rotatable bonds is 15. The van der Waals surface area contributed by atoms with E-state index in [-0.39, 0.29) is 24.6 Å². The number of ether oxygens (including phenoxy) is 2. The molecule has 10 heteroatoms. The minimum Gasteiger partial charge on any atom is -0.493 e. The third kappa shape index (κ3) is 8.97. The van der Waals surface area contributed by atoms with E-state index >= 15 is 0 Å². The molecule has 0 spiro atoms. The number of nitrogens with one attached hydrogen (secondary N) is 1. The van der Waals surface area contributed by atoms with Crippen molar-refractivity contribution in [3.63, 3.8) is 0 Å². The average molecular weight is 596 g/mol. The third-order valence-electron chi connectivity index (χ3n) is 6.87. The summed E-state index contributed by atoms with van der Waals surface area (Å²) in [5, 5.41) is 2.98. The zero-order valence-electron chi connectivity index (χ0n) is 25.0. The summed E-state index contributed by atoms with van der Waals surface area (Å²) in [6.45, 7) is 4.09. The zero-order valence-corrected chi connectivity index (χ0v) is 25.8. The van der Waals surface area contributed by atoms with Gasteiger partial charge in [-0.05, 0) is 36.6 Å². The lowest BCUT2D eigenvalue weighted by Gasteiger charge is -2.33. The van der Waals surface area contributed by atoms with Gasteiger partial charge in [0.2, 0.25) is 21.8 Å². The second-order valence-corrected chi connectivity index (χ2v) is 12.1. The van der Waals surface area contributed by atoms with Crippen molar-refractivity contribution in [1.82, 2.24) is 10.2 Å². The summed E-state index contributed by atoms with van der Waals surface area (Å²) in [7, 11) is -0.970. The van der Waals surface area contributed by atoms with Crippen LogP contribution in [0, 0.1) is 6.92 Å². The lowest BCUT2D eigenvalue weighted by Crippen LogP contribution is -2.53. The van der Waals surface area contributed by atoms with Crippen LogP contribution in [0.4, 0.5) is 5.69 Å².